The number of piperidine rings is 1. The fourth-order valence-electron chi connectivity index (χ4n) is 5.22. The summed E-state index contributed by atoms with van der Waals surface area (Å²) < 4.78 is 10.4. The number of esters is 1. The van der Waals surface area contributed by atoms with Gasteiger partial charge in [0.15, 0.2) is 0 Å². The summed E-state index contributed by atoms with van der Waals surface area (Å²) in [5.41, 5.74) is -2.46. The van der Waals surface area contributed by atoms with E-state index in [1.807, 2.05) is 13.8 Å². The molecule has 32 heavy (non-hydrogen) atoms. The Kier molecular flexibility index (Phi) is 7.87. The Morgan fingerprint density at radius 3 is 2.12 bits per heavy atom. The molecule has 1 heterocycles. The highest BCUT2D eigenvalue weighted by Crippen LogP contribution is 2.42. The summed E-state index contributed by atoms with van der Waals surface area (Å²) in [4.78, 5) is 38.3. The first-order valence-corrected chi connectivity index (χ1v) is 11.5. The molecule has 2 N–H and O–H groups in total. The molecule has 2 amide bonds. The van der Waals surface area contributed by atoms with Gasteiger partial charge in [0, 0.05) is 17.6 Å². The van der Waals surface area contributed by atoms with Gasteiger partial charge < -0.3 is 20.1 Å². The smallest absolute Gasteiger partial charge is 0.407 e. The number of hydrogen-bond donors (Lipinski definition) is 2. The molecule has 2 rings (SSSR count). The van der Waals surface area contributed by atoms with Crippen LogP contribution in [0.25, 0.3) is 0 Å². The van der Waals surface area contributed by atoms with Crippen LogP contribution in [0.15, 0.2) is 0 Å². The number of carbonyl (C=O) groups excluding carboxylic acids is 3. The van der Waals surface area contributed by atoms with E-state index in [0.29, 0.717) is 19.3 Å². The van der Waals surface area contributed by atoms with E-state index in [0.717, 1.165) is 17.9 Å². The Morgan fingerprint density at radius 1 is 0.969 bits per heavy atom. The third-order valence-electron chi connectivity index (χ3n) is 6.54. The van der Waals surface area contributed by atoms with Crippen molar-refractivity contribution < 1.29 is 29.1 Å². The number of alkyl carbamates (subject to hydrolysis) is 1. The summed E-state index contributed by atoms with van der Waals surface area (Å²) in [5.74, 6) is -2.01. The van der Waals surface area contributed by atoms with Crippen LogP contribution < -0.4 is 10.6 Å². The summed E-state index contributed by atoms with van der Waals surface area (Å²) in [5, 5.41) is 19.8. The number of hydroxylamine groups is 2. The molecule has 0 aromatic heterocycles. The van der Waals surface area contributed by atoms with Gasteiger partial charge in [0.05, 0.1) is 24.5 Å². The predicted octanol–water partition coefficient (Wildman–Crippen LogP) is 2.95. The molecule has 1 aliphatic carbocycles. The molecule has 9 heteroatoms. The maximum absolute atomic E-state index is 13.4. The molecule has 0 aromatic carbocycles. The molecule has 1 radical (unpaired) electrons. The van der Waals surface area contributed by atoms with Crippen LogP contribution >= 0.6 is 0 Å². The van der Waals surface area contributed by atoms with Gasteiger partial charge >= 0.3 is 12.1 Å². The number of nitrogens with zero attached hydrogens (tertiary/aromatic N) is 1. The normalized spacial score (nSPS) is 30.2. The van der Waals surface area contributed by atoms with Gasteiger partial charge in [-0.25, -0.2) is 4.79 Å². The molecular weight excluding hydrogens is 414 g/mol. The predicted molar refractivity (Wildman–Crippen MR) is 118 cm³/mol. The molecule has 0 unspecified atom stereocenters. The fraction of sp³-hybridized carbons (Fsp3) is 0.870. The average Bonchev–Trinajstić information content (AvgIpc) is 2.64. The van der Waals surface area contributed by atoms with Gasteiger partial charge in [-0.3, -0.25) is 9.59 Å². The quantitative estimate of drug-likeness (QED) is 0.631. The van der Waals surface area contributed by atoms with Crippen molar-refractivity contribution in [1.29, 1.82) is 0 Å². The zero-order valence-electron chi connectivity index (χ0n) is 20.7. The molecule has 0 spiro atoms. The molecule has 2 aliphatic rings. The van der Waals surface area contributed by atoms with Crippen LogP contribution in [0.4, 0.5) is 4.79 Å². The second-order valence-electron chi connectivity index (χ2n) is 11.2. The Morgan fingerprint density at radius 2 is 1.56 bits per heavy atom. The van der Waals surface area contributed by atoms with Gasteiger partial charge in [-0.15, -0.1) is 10.3 Å². The molecule has 1 saturated heterocycles. The average molecular weight is 455 g/mol. The van der Waals surface area contributed by atoms with E-state index in [-0.39, 0.29) is 11.9 Å². The van der Waals surface area contributed by atoms with E-state index in [4.69, 9.17) is 9.47 Å². The maximum Gasteiger partial charge on any atom is 0.407 e. The first-order chi connectivity index (χ1) is 14.6. The second kappa shape index (κ2) is 9.55. The molecule has 183 valence electrons. The van der Waals surface area contributed by atoms with Crippen molar-refractivity contribution >= 4 is 18.0 Å². The second-order valence-corrected chi connectivity index (χ2v) is 11.2. The van der Waals surface area contributed by atoms with Crippen molar-refractivity contribution in [3.8, 4) is 0 Å². The number of hydrogen-bond acceptors (Lipinski definition) is 6. The Labute approximate surface area is 191 Å². The lowest BCUT2D eigenvalue weighted by molar-refractivity contribution is -0.303. The highest BCUT2D eigenvalue weighted by Gasteiger charge is 2.56. The lowest BCUT2D eigenvalue weighted by Crippen LogP contribution is -2.69. The number of amides is 2. The van der Waals surface area contributed by atoms with Crippen molar-refractivity contribution in [2.24, 2.45) is 11.8 Å². The van der Waals surface area contributed by atoms with Crippen molar-refractivity contribution in [2.75, 3.05) is 7.11 Å². The van der Waals surface area contributed by atoms with Crippen LogP contribution in [0, 0.1) is 11.8 Å². The first-order valence-electron chi connectivity index (χ1n) is 11.5. The van der Waals surface area contributed by atoms with Gasteiger partial charge in [0.25, 0.3) is 0 Å². The molecule has 0 aromatic rings. The van der Waals surface area contributed by atoms with Gasteiger partial charge in [0.2, 0.25) is 5.91 Å². The molecule has 4 atom stereocenters. The van der Waals surface area contributed by atoms with Crippen LogP contribution in [0.5, 0.6) is 0 Å². The van der Waals surface area contributed by atoms with Gasteiger partial charge in [-0.05, 0) is 67.7 Å². The van der Waals surface area contributed by atoms with Gasteiger partial charge in [0.1, 0.15) is 5.60 Å². The first kappa shape index (κ1) is 26.4. The van der Waals surface area contributed by atoms with Gasteiger partial charge in [-0.2, -0.15) is 0 Å². The Hall–Kier alpha value is -1.87. The largest absolute Gasteiger partial charge is 0.469 e. The maximum atomic E-state index is 13.4. The zero-order valence-corrected chi connectivity index (χ0v) is 20.7. The van der Waals surface area contributed by atoms with E-state index in [1.54, 1.807) is 34.6 Å². The number of ether oxygens (including phenoxy) is 2. The summed E-state index contributed by atoms with van der Waals surface area (Å²) in [6.07, 6.45) is 2.85. The minimum Gasteiger partial charge on any atom is -0.469 e. The Balaban J connectivity index is 2.21. The molecular formula is C23H40N3O6. The van der Waals surface area contributed by atoms with E-state index >= 15 is 0 Å². The van der Waals surface area contributed by atoms with Crippen molar-refractivity contribution in [3.05, 3.63) is 0 Å². The summed E-state index contributed by atoms with van der Waals surface area (Å²) in [6.45, 7) is 12.4. The van der Waals surface area contributed by atoms with Crippen LogP contribution in [0.1, 0.15) is 80.6 Å². The van der Waals surface area contributed by atoms with Gasteiger partial charge in [-0.1, -0.05) is 12.8 Å². The molecule has 1 saturated carbocycles. The monoisotopic (exact) mass is 454 g/mol. The molecule has 2 fully saturated rings. The Bertz CT molecular complexity index is 715. The minimum absolute atomic E-state index is 0.226. The SMILES string of the molecule is COC(=O)[C@@H]1[C@@H](NC(=O)[C@H]2CCCC[C@@H]2NC(=O)OC(C)(C)C)CC(C)(C)N([O])C1(C)C. The fourth-order valence-corrected chi connectivity index (χ4v) is 5.22. The summed E-state index contributed by atoms with van der Waals surface area (Å²) in [6, 6.07) is -0.912. The lowest BCUT2D eigenvalue weighted by atomic mass is 9.70. The number of nitrogens with one attached hydrogen (secondary N) is 2. The summed E-state index contributed by atoms with van der Waals surface area (Å²) in [7, 11) is 1.29. The van der Waals surface area contributed by atoms with Crippen LogP contribution in [-0.4, -0.2) is 58.9 Å². The minimum atomic E-state index is -1.06. The molecule has 9 nitrogen and oxygen atoms in total. The van der Waals surface area contributed by atoms with Crippen molar-refractivity contribution in [1.82, 2.24) is 15.7 Å². The van der Waals surface area contributed by atoms with E-state index in [1.165, 1.54) is 7.11 Å². The van der Waals surface area contributed by atoms with E-state index < -0.39 is 46.6 Å². The number of rotatable bonds is 4. The van der Waals surface area contributed by atoms with Crippen LogP contribution in [0.3, 0.4) is 0 Å². The standard InChI is InChI=1S/C23H40N3O6/c1-21(2,3)32-20(29)25-15-12-10-9-11-14(15)18(27)24-16-13-22(4,5)26(30)23(6,7)17(16)19(28)31-8/h14-17H,9-13H2,1-8H3,(H,24,27)(H,25,29)/t14-,15-,16-,17-/m0/s1. The highest BCUT2D eigenvalue weighted by molar-refractivity contribution is 5.82. The topological polar surface area (TPSA) is 117 Å². The van der Waals surface area contributed by atoms with E-state index in [2.05, 4.69) is 10.6 Å². The molecule has 0 bridgehead atoms. The zero-order chi connectivity index (χ0) is 24.5. The van der Waals surface area contributed by atoms with E-state index in [9.17, 15) is 19.6 Å². The highest BCUT2D eigenvalue weighted by atomic mass is 16.6. The van der Waals surface area contributed by atoms with Crippen molar-refractivity contribution in [2.45, 2.75) is 109 Å². The summed E-state index contributed by atoms with van der Waals surface area (Å²) >= 11 is 0. The van der Waals surface area contributed by atoms with Crippen LogP contribution in [0.2, 0.25) is 0 Å². The third kappa shape index (κ3) is 5.92. The molecule has 1 aliphatic heterocycles. The van der Waals surface area contributed by atoms with Crippen molar-refractivity contribution in [3.63, 3.8) is 0 Å². The van der Waals surface area contributed by atoms with Crippen LogP contribution in [-0.2, 0) is 24.3 Å². The number of methoxy groups -OCH3 is 1. The third-order valence-corrected chi connectivity index (χ3v) is 6.54. The number of carbonyl (C=O) groups is 3. The lowest BCUT2D eigenvalue weighted by Gasteiger charge is -2.53.